The van der Waals surface area contributed by atoms with Crippen LogP contribution in [0.2, 0.25) is 0 Å². The number of thiazole rings is 1. The molecule has 0 saturated heterocycles. The minimum atomic E-state index is 0.794. The number of rotatable bonds is 6. The lowest BCUT2D eigenvalue weighted by Crippen LogP contribution is -2.17. The normalized spacial score (nSPS) is 10.7. The summed E-state index contributed by atoms with van der Waals surface area (Å²) in [4.78, 5) is 4.70. The van der Waals surface area contributed by atoms with Crippen LogP contribution in [0.15, 0.2) is 60.0 Å². The fraction of sp³-hybridized carbons (Fsp3) is 0.167. The summed E-state index contributed by atoms with van der Waals surface area (Å²) in [5.41, 5.74) is 10.2. The molecule has 1 aromatic heterocycles. The van der Waals surface area contributed by atoms with Crippen molar-refractivity contribution >= 4 is 17.0 Å². The first-order chi connectivity index (χ1) is 10.8. The summed E-state index contributed by atoms with van der Waals surface area (Å²) < 4.78 is 0. The quantitative estimate of drug-likeness (QED) is 0.539. The van der Waals surface area contributed by atoms with Gasteiger partial charge in [-0.15, -0.1) is 11.3 Å². The predicted octanol–water partition coefficient (Wildman–Crippen LogP) is 3.72. The average Bonchev–Trinajstić information content (AvgIpc) is 3.03. The lowest BCUT2D eigenvalue weighted by Gasteiger charge is -2.06. The number of benzene rings is 2. The SMILES string of the molecule is Nc1ccccc1CNCCc1csc(-c2ccccc2)n1. The van der Waals surface area contributed by atoms with Crippen LogP contribution in [-0.2, 0) is 13.0 Å². The minimum absolute atomic E-state index is 0.794. The average molecular weight is 309 g/mol. The molecule has 0 aliphatic rings. The topological polar surface area (TPSA) is 50.9 Å². The molecule has 3 aromatic rings. The van der Waals surface area contributed by atoms with Crippen LogP contribution in [0.3, 0.4) is 0 Å². The van der Waals surface area contributed by atoms with Crippen LogP contribution in [0, 0.1) is 0 Å². The molecular formula is C18H19N3S. The molecule has 1 heterocycles. The van der Waals surface area contributed by atoms with Crippen molar-refractivity contribution in [3.63, 3.8) is 0 Å². The van der Waals surface area contributed by atoms with Gasteiger partial charge in [-0.3, -0.25) is 0 Å². The summed E-state index contributed by atoms with van der Waals surface area (Å²) >= 11 is 1.70. The van der Waals surface area contributed by atoms with Crippen molar-refractivity contribution in [1.82, 2.24) is 10.3 Å². The number of nitrogens with zero attached hydrogens (tertiary/aromatic N) is 1. The number of aromatic nitrogens is 1. The molecule has 0 aliphatic carbocycles. The Kier molecular flexibility index (Phi) is 4.83. The van der Waals surface area contributed by atoms with Gasteiger partial charge in [0.25, 0.3) is 0 Å². The van der Waals surface area contributed by atoms with Gasteiger partial charge in [0, 0.05) is 36.1 Å². The Balaban J connectivity index is 1.51. The summed E-state index contributed by atoms with van der Waals surface area (Å²) in [6.45, 7) is 1.69. The summed E-state index contributed by atoms with van der Waals surface area (Å²) in [5.74, 6) is 0. The maximum absolute atomic E-state index is 5.93. The summed E-state index contributed by atoms with van der Waals surface area (Å²) in [6.07, 6.45) is 0.927. The van der Waals surface area contributed by atoms with Crippen LogP contribution in [0.5, 0.6) is 0 Å². The first-order valence-corrected chi connectivity index (χ1v) is 8.25. The third-order valence-electron chi connectivity index (χ3n) is 3.50. The zero-order valence-electron chi connectivity index (χ0n) is 12.3. The Hall–Kier alpha value is -2.17. The van der Waals surface area contributed by atoms with Gasteiger partial charge in [-0.25, -0.2) is 4.98 Å². The minimum Gasteiger partial charge on any atom is -0.398 e. The van der Waals surface area contributed by atoms with Crippen LogP contribution in [0.1, 0.15) is 11.3 Å². The fourth-order valence-corrected chi connectivity index (χ4v) is 3.13. The molecule has 0 unspecified atom stereocenters. The largest absolute Gasteiger partial charge is 0.398 e. The number of anilines is 1. The molecule has 3 nitrogen and oxygen atoms in total. The molecule has 0 fully saturated rings. The molecule has 0 aliphatic heterocycles. The zero-order chi connectivity index (χ0) is 15.2. The maximum atomic E-state index is 5.93. The summed E-state index contributed by atoms with van der Waals surface area (Å²) in [5, 5.41) is 6.65. The molecule has 112 valence electrons. The molecule has 2 aromatic carbocycles. The van der Waals surface area contributed by atoms with Crippen LogP contribution in [0.4, 0.5) is 5.69 Å². The Labute approximate surface area is 134 Å². The van der Waals surface area contributed by atoms with Gasteiger partial charge in [-0.05, 0) is 11.6 Å². The Morgan fingerprint density at radius 1 is 1.00 bits per heavy atom. The second-order valence-corrected chi connectivity index (χ2v) is 5.99. The smallest absolute Gasteiger partial charge is 0.123 e. The number of hydrogen-bond acceptors (Lipinski definition) is 4. The Bertz CT molecular complexity index is 722. The van der Waals surface area contributed by atoms with Crippen molar-refractivity contribution in [2.24, 2.45) is 0 Å². The van der Waals surface area contributed by atoms with Crippen molar-refractivity contribution in [3.8, 4) is 10.6 Å². The van der Waals surface area contributed by atoms with E-state index in [9.17, 15) is 0 Å². The summed E-state index contributed by atoms with van der Waals surface area (Å²) in [7, 11) is 0. The van der Waals surface area contributed by atoms with Crippen molar-refractivity contribution in [2.75, 3.05) is 12.3 Å². The molecule has 0 amide bonds. The van der Waals surface area contributed by atoms with Gasteiger partial charge in [-0.1, -0.05) is 48.5 Å². The first kappa shape index (κ1) is 14.8. The number of nitrogens with two attached hydrogens (primary N) is 1. The van der Waals surface area contributed by atoms with E-state index >= 15 is 0 Å². The highest BCUT2D eigenvalue weighted by Crippen LogP contribution is 2.23. The third kappa shape index (κ3) is 3.72. The monoisotopic (exact) mass is 309 g/mol. The predicted molar refractivity (Wildman–Crippen MR) is 93.8 cm³/mol. The van der Waals surface area contributed by atoms with E-state index in [1.54, 1.807) is 11.3 Å². The van der Waals surface area contributed by atoms with Crippen molar-refractivity contribution < 1.29 is 0 Å². The first-order valence-electron chi connectivity index (χ1n) is 7.37. The third-order valence-corrected chi connectivity index (χ3v) is 4.44. The van der Waals surface area contributed by atoms with Crippen LogP contribution >= 0.6 is 11.3 Å². The van der Waals surface area contributed by atoms with Gasteiger partial charge >= 0.3 is 0 Å². The van der Waals surface area contributed by atoms with E-state index in [0.29, 0.717) is 0 Å². The number of para-hydroxylation sites is 1. The number of hydrogen-bond donors (Lipinski definition) is 2. The number of nitrogens with one attached hydrogen (secondary N) is 1. The molecule has 0 saturated carbocycles. The van der Waals surface area contributed by atoms with Crippen molar-refractivity contribution in [1.29, 1.82) is 0 Å². The van der Waals surface area contributed by atoms with Gasteiger partial charge in [-0.2, -0.15) is 0 Å². The van der Waals surface area contributed by atoms with Gasteiger partial charge in [0.2, 0.25) is 0 Å². The van der Waals surface area contributed by atoms with Crippen molar-refractivity contribution in [2.45, 2.75) is 13.0 Å². The second kappa shape index (κ2) is 7.20. The summed E-state index contributed by atoms with van der Waals surface area (Å²) in [6, 6.07) is 18.3. The van der Waals surface area contributed by atoms with Crippen molar-refractivity contribution in [3.05, 3.63) is 71.2 Å². The van der Waals surface area contributed by atoms with Crippen LogP contribution < -0.4 is 11.1 Å². The highest BCUT2D eigenvalue weighted by atomic mass is 32.1. The maximum Gasteiger partial charge on any atom is 0.123 e. The van der Waals surface area contributed by atoms with Gasteiger partial charge < -0.3 is 11.1 Å². The van der Waals surface area contributed by atoms with Crippen LogP contribution in [-0.4, -0.2) is 11.5 Å². The molecule has 0 bridgehead atoms. The van der Waals surface area contributed by atoms with E-state index in [-0.39, 0.29) is 0 Å². The molecule has 0 radical (unpaired) electrons. The van der Waals surface area contributed by atoms with E-state index in [2.05, 4.69) is 28.9 Å². The van der Waals surface area contributed by atoms with Crippen LogP contribution in [0.25, 0.3) is 10.6 Å². The Morgan fingerprint density at radius 2 is 1.77 bits per heavy atom. The lowest BCUT2D eigenvalue weighted by molar-refractivity contribution is 0.683. The molecule has 4 heteroatoms. The number of nitrogen functional groups attached to an aromatic ring is 1. The zero-order valence-corrected chi connectivity index (χ0v) is 13.1. The highest BCUT2D eigenvalue weighted by molar-refractivity contribution is 7.13. The second-order valence-electron chi connectivity index (χ2n) is 5.14. The standard InChI is InChI=1S/C18H19N3S/c19-17-9-5-4-8-15(17)12-20-11-10-16-13-22-18(21-16)14-6-2-1-3-7-14/h1-9,13,20H,10-12,19H2. The molecule has 22 heavy (non-hydrogen) atoms. The van der Waals surface area contributed by atoms with Gasteiger partial charge in [0.15, 0.2) is 0 Å². The Morgan fingerprint density at radius 3 is 2.59 bits per heavy atom. The lowest BCUT2D eigenvalue weighted by atomic mass is 10.2. The van der Waals surface area contributed by atoms with E-state index in [4.69, 9.17) is 10.7 Å². The highest BCUT2D eigenvalue weighted by Gasteiger charge is 2.04. The van der Waals surface area contributed by atoms with E-state index in [1.807, 2.05) is 36.4 Å². The van der Waals surface area contributed by atoms with Gasteiger partial charge in [0.1, 0.15) is 5.01 Å². The molecule has 3 N–H and O–H groups in total. The van der Waals surface area contributed by atoms with E-state index < -0.39 is 0 Å². The molecule has 3 rings (SSSR count). The van der Waals surface area contributed by atoms with Gasteiger partial charge in [0.05, 0.1) is 5.69 Å². The molecule has 0 spiro atoms. The van der Waals surface area contributed by atoms with E-state index in [0.717, 1.165) is 41.5 Å². The molecule has 0 atom stereocenters. The van der Waals surface area contributed by atoms with E-state index in [1.165, 1.54) is 5.56 Å². The fourth-order valence-electron chi connectivity index (χ4n) is 2.27. The molecular weight excluding hydrogens is 290 g/mol.